The summed E-state index contributed by atoms with van der Waals surface area (Å²) in [6, 6.07) is 10.4. The number of aromatic amines is 1. The molecule has 1 saturated carbocycles. The summed E-state index contributed by atoms with van der Waals surface area (Å²) in [5.74, 6) is 0.947. The molecule has 1 aromatic heterocycles. The van der Waals surface area contributed by atoms with Gasteiger partial charge in [0.05, 0.1) is 12.1 Å². The molecular formula is C20H23N3O. The number of hydrogen-bond donors (Lipinski definition) is 1. The van der Waals surface area contributed by atoms with Crippen molar-refractivity contribution in [2.75, 3.05) is 0 Å². The van der Waals surface area contributed by atoms with Crippen LogP contribution in [0.3, 0.4) is 0 Å². The molecule has 2 atom stereocenters. The molecule has 0 amide bonds. The van der Waals surface area contributed by atoms with Crippen molar-refractivity contribution in [3.05, 3.63) is 47.7 Å². The van der Waals surface area contributed by atoms with E-state index in [2.05, 4.69) is 55.2 Å². The minimum atomic E-state index is -0.367. The van der Waals surface area contributed by atoms with Gasteiger partial charge in [0.1, 0.15) is 5.78 Å². The minimum absolute atomic E-state index is 0.0277. The number of nitrogens with zero attached hydrogens (tertiary/aromatic N) is 2. The Morgan fingerprint density at radius 1 is 1.21 bits per heavy atom. The maximum Gasteiger partial charge on any atom is 0.151 e. The van der Waals surface area contributed by atoms with Gasteiger partial charge < -0.3 is 0 Å². The average molecular weight is 321 g/mol. The molecule has 4 heteroatoms. The lowest BCUT2D eigenvalue weighted by Crippen LogP contribution is -2.51. The molecule has 2 aliphatic rings. The van der Waals surface area contributed by atoms with Crippen LogP contribution in [-0.4, -0.2) is 21.7 Å². The van der Waals surface area contributed by atoms with Crippen LogP contribution >= 0.6 is 0 Å². The molecule has 0 spiro atoms. The van der Waals surface area contributed by atoms with E-state index in [9.17, 15) is 4.79 Å². The van der Waals surface area contributed by atoms with Crippen LogP contribution in [0, 0.1) is 11.3 Å². The Labute approximate surface area is 142 Å². The first-order valence-corrected chi connectivity index (χ1v) is 8.67. The van der Waals surface area contributed by atoms with Crippen molar-refractivity contribution < 1.29 is 4.79 Å². The van der Waals surface area contributed by atoms with E-state index in [4.69, 9.17) is 4.99 Å². The number of H-pyrrole nitrogens is 1. The van der Waals surface area contributed by atoms with Crippen LogP contribution in [-0.2, 0) is 10.2 Å². The van der Waals surface area contributed by atoms with Crippen molar-refractivity contribution in [2.45, 2.75) is 45.4 Å². The number of rotatable bonds is 2. The predicted octanol–water partition coefficient (Wildman–Crippen LogP) is 4.20. The molecule has 4 rings (SSSR count). The number of Topliss-reactive ketones (excluding diaryl/α,β-unsaturated/α-hetero) is 1. The largest absolute Gasteiger partial charge is 0.299 e. The van der Waals surface area contributed by atoms with Gasteiger partial charge in [-0.3, -0.25) is 9.89 Å². The molecule has 1 N–H and O–H groups in total. The maximum atomic E-state index is 13.2. The van der Waals surface area contributed by atoms with E-state index in [0.29, 0.717) is 12.2 Å². The quantitative estimate of drug-likeness (QED) is 0.901. The monoisotopic (exact) mass is 321 g/mol. The van der Waals surface area contributed by atoms with Gasteiger partial charge in [0.15, 0.2) is 5.82 Å². The molecule has 1 fully saturated rings. The number of hydrogen-bond acceptors (Lipinski definition) is 3. The zero-order valence-electron chi connectivity index (χ0n) is 14.5. The van der Waals surface area contributed by atoms with Crippen molar-refractivity contribution in [3.8, 4) is 0 Å². The molecule has 0 radical (unpaired) electrons. The average Bonchev–Trinajstić information content (AvgIpc) is 3.01. The molecule has 1 aliphatic carbocycles. The van der Waals surface area contributed by atoms with Crippen LogP contribution in [0.5, 0.6) is 0 Å². The van der Waals surface area contributed by atoms with Gasteiger partial charge in [-0.05, 0) is 23.8 Å². The lowest BCUT2D eigenvalue weighted by Gasteiger charge is -2.47. The Hall–Kier alpha value is -2.23. The number of benzene rings is 1. The summed E-state index contributed by atoms with van der Waals surface area (Å²) in [7, 11) is 0. The lowest BCUT2D eigenvalue weighted by atomic mass is 9.55. The van der Waals surface area contributed by atoms with E-state index in [0.717, 1.165) is 29.9 Å². The molecule has 0 saturated heterocycles. The Kier molecular flexibility index (Phi) is 3.27. The molecule has 124 valence electrons. The fourth-order valence-corrected chi connectivity index (χ4v) is 4.72. The fraction of sp³-hybridized carbons (Fsp3) is 0.450. The maximum absolute atomic E-state index is 13.2. The normalized spacial score (nSPS) is 28.0. The van der Waals surface area contributed by atoms with Gasteiger partial charge >= 0.3 is 0 Å². The molecule has 0 bridgehead atoms. The highest BCUT2D eigenvalue weighted by Crippen LogP contribution is 2.53. The molecule has 1 aliphatic heterocycles. The summed E-state index contributed by atoms with van der Waals surface area (Å²) in [6.07, 6.45) is 4.17. The first kappa shape index (κ1) is 15.3. The van der Waals surface area contributed by atoms with Gasteiger partial charge in [-0.2, -0.15) is 5.10 Å². The summed E-state index contributed by atoms with van der Waals surface area (Å²) in [5.41, 5.74) is 2.85. The molecule has 2 heterocycles. The molecular weight excluding hydrogens is 298 g/mol. The SMILES string of the molecule is CCC1(c2ccccc2)c2cn[nH]c2N=C2CC(C)(C)CC(=O)C21. The van der Waals surface area contributed by atoms with Gasteiger partial charge in [0, 0.05) is 23.1 Å². The number of ketones is 1. The van der Waals surface area contributed by atoms with Gasteiger partial charge in [-0.25, -0.2) is 4.99 Å². The van der Waals surface area contributed by atoms with Gasteiger partial charge in [-0.1, -0.05) is 51.1 Å². The topological polar surface area (TPSA) is 58.1 Å². The predicted molar refractivity (Wildman–Crippen MR) is 94.7 cm³/mol. The first-order valence-electron chi connectivity index (χ1n) is 8.67. The van der Waals surface area contributed by atoms with Crippen molar-refractivity contribution in [1.82, 2.24) is 10.2 Å². The second-order valence-corrected chi connectivity index (χ2v) is 7.84. The zero-order valence-corrected chi connectivity index (χ0v) is 14.5. The van der Waals surface area contributed by atoms with Crippen molar-refractivity contribution in [1.29, 1.82) is 0 Å². The second-order valence-electron chi connectivity index (χ2n) is 7.84. The van der Waals surface area contributed by atoms with E-state index >= 15 is 0 Å². The van der Waals surface area contributed by atoms with Crippen LogP contribution in [0.1, 0.15) is 51.2 Å². The number of fused-ring (bicyclic) bond motifs is 2. The summed E-state index contributed by atoms with van der Waals surface area (Å²) in [6.45, 7) is 6.48. The molecule has 1 aromatic carbocycles. The fourth-order valence-electron chi connectivity index (χ4n) is 4.72. The Bertz CT molecular complexity index is 818. The summed E-state index contributed by atoms with van der Waals surface area (Å²) < 4.78 is 0. The van der Waals surface area contributed by atoms with Crippen LogP contribution in [0.4, 0.5) is 5.82 Å². The Balaban J connectivity index is 1.99. The third kappa shape index (κ3) is 2.02. The van der Waals surface area contributed by atoms with Crippen molar-refractivity contribution in [3.63, 3.8) is 0 Å². The molecule has 4 nitrogen and oxygen atoms in total. The first-order chi connectivity index (χ1) is 11.5. The summed E-state index contributed by atoms with van der Waals surface area (Å²) >= 11 is 0. The van der Waals surface area contributed by atoms with Crippen LogP contribution in [0.25, 0.3) is 0 Å². The molecule has 2 aromatic rings. The van der Waals surface area contributed by atoms with Crippen LogP contribution in [0.15, 0.2) is 41.5 Å². The number of nitrogens with one attached hydrogen (secondary N) is 1. The standard InChI is InChI=1S/C20H23N3O/c1-4-20(13-8-6-5-7-9-13)14-12-21-23-18(14)22-15-10-19(2,3)11-16(24)17(15)20/h5-9,12,17H,4,10-11H2,1-3H3,(H,21,23). The van der Waals surface area contributed by atoms with Crippen LogP contribution in [0.2, 0.25) is 0 Å². The van der Waals surface area contributed by atoms with E-state index < -0.39 is 0 Å². The van der Waals surface area contributed by atoms with E-state index in [-0.39, 0.29) is 16.7 Å². The Morgan fingerprint density at radius 2 is 1.96 bits per heavy atom. The van der Waals surface area contributed by atoms with Gasteiger partial charge in [0.2, 0.25) is 0 Å². The van der Waals surface area contributed by atoms with E-state index in [1.165, 1.54) is 5.56 Å². The van der Waals surface area contributed by atoms with Gasteiger partial charge in [0.25, 0.3) is 0 Å². The highest BCUT2D eigenvalue weighted by Gasteiger charge is 2.54. The van der Waals surface area contributed by atoms with Crippen LogP contribution < -0.4 is 0 Å². The zero-order chi connectivity index (χ0) is 16.9. The smallest absolute Gasteiger partial charge is 0.151 e. The number of aliphatic imine (C=N–C) groups is 1. The molecule has 24 heavy (non-hydrogen) atoms. The second kappa shape index (κ2) is 5.13. The third-order valence-corrected chi connectivity index (χ3v) is 5.66. The number of aromatic nitrogens is 2. The number of carbonyl (C=O) groups is 1. The lowest BCUT2D eigenvalue weighted by molar-refractivity contribution is -0.125. The third-order valence-electron chi connectivity index (χ3n) is 5.66. The minimum Gasteiger partial charge on any atom is -0.299 e. The Morgan fingerprint density at radius 3 is 2.67 bits per heavy atom. The number of carbonyl (C=O) groups excluding carboxylic acids is 1. The highest BCUT2D eigenvalue weighted by atomic mass is 16.1. The highest BCUT2D eigenvalue weighted by molar-refractivity contribution is 6.11. The van der Waals surface area contributed by atoms with Gasteiger partial charge in [-0.15, -0.1) is 0 Å². The molecule has 2 unspecified atom stereocenters. The van der Waals surface area contributed by atoms with E-state index in [1.807, 2.05) is 12.3 Å². The van der Waals surface area contributed by atoms with E-state index in [1.54, 1.807) is 0 Å². The summed E-state index contributed by atoms with van der Waals surface area (Å²) in [5, 5.41) is 7.29. The van der Waals surface area contributed by atoms with Crippen molar-refractivity contribution >= 4 is 17.3 Å². The summed E-state index contributed by atoms with van der Waals surface area (Å²) in [4.78, 5) is 18.0. The van der Waals surface area contributed by atoms with Crippen molar-refractivity contribution in [2.24, 2.45) is 16.3 Å².